The molecule has 82 valence electrons. The average molecular weight is 199 g/mol. The lowest BCUT2D eigenvalue weighted by molar-refractivity contribution is -0.119. The first kappa shape index (κ1) is 10.4. The zero-order valence-corrected chi connectivity index (χ0v) is 8.80. The molecule has 0 aromatic heterocycles. The lowest BCUT2D eigenvalue weighted by atomic mass is 9.67. The van der Waals surface area contributed by atoms with E-state index in [9.17, 15) is 5.11 Å². The fourth-order valence-electron chi connectivity index (χ4n) is 2.86. The van der Waals surface area contributed by atoms with Crippen molar-refractivity contribution in [3.63, 3.8) is 0 Å². The second-order valence-corrected chi connectivity index (χ2v) is 4.86. The van der Waals surface area contributed by atoms with Gasteiger partial charge in [-0.25, -0.2) is 0 Å². The highest BCUT2D eigenvalue weighted by molar-refractivity contribution is 5.05. The molecule has 14 heavy (non-hydrogen) atoms. The van der Waals surface area contributed by atoms with Crippen molar-refractivity contribution < 1.29 is 9.84 Å². The molecule has 0 unspecified atom stereocenters. The normalized spacial score (nSPS) is 31.3. The molecule has 0 bridgehead atoms. The summed E-state index contributed by atoms with van der Waals surface area (Å²) in [6.45, 7) is 1.32. The first-order valence-electron chi connectivity index (χ1n) is 5.75. The van der Waals surface area contributed by atoms with Crippen LogP contribution in [0.4, 0.5) is 0 Å². The van der Waals surface area contributed by atoms with E-state index in [1.54, 1.807) is 0 Å². The molecule has 1 heterocycles. The van der Waals surface area contributed by atoms with Gasteiger partial charge < -0.3 is 15.6 Å². The van der Waals surface area contributed by atoms with E-state index in [1.807, 2.05) is 0 Å². The largest absolute Gasteiger partial charge is 0.388 e. The molecule has 0 spiro atoms. The van der Waals surface area contributed by atoms with Gasteiger partial charge in [0.1, 0.15) is 0 Å². The number of hydrogen-bond acceptors (Lipinski definition) is 3. The van der Waals surface area contributed by atoms with Crippen molar-refractivity contribution in [1.82, 2.24) is 0 Å². The van der Waals surface area contributed by atoms with Crippen LogP contribution < -0.4 is 5.73 Å². The van der Waals surface area contributed by atoms with Gasteiger partial charge in [0.05, 0.1) is 5.60 Å². The molecule has 0 aromatic carbocycles. The monoisotopic (exact) mass is 199 g/mol. The van der Waals surface area contributed by atoms with Crippen molar-refractivity contribution in [3.8, 4) is 0 Å². The van der Waals surface area contributed by atoms with Crippen LogP contribution in [0.3, 0.4) is 0 Å². The predicted octanol–water partition coefficient (Wildman–Crippen LogP) is 1.19. The van der Waals surface area contributed by atoms with E-state index in [0.717, 1.165) is 12.8 Å². The highest BCUT2D eigenvalue weighted by Gasteiger charge is 2.48. The van der Waals surface area contributed by atoms with Crippen molar-refractivity contribution in [2.45, 2.75) is 56.1 Å². The van der Waals surface area contributed by atoms with Gasteiger partial charge in [-0.3, -0.25) is 0 Å². The zero-order valence-electron chi connectivity index (χ0n) is 8.80. The number of hydrogen-bond donors (Lipinski definition) is 2. The summed E-state index contributed by atoms with van der Waals surface area (Å²) >= 11 is 0. The van der Waals surface area contributed by atoms with Crippen molar-refractivity contribution in [2.24, 2.45) is 5.73 Å². The molecule has 1 saturated carbocycles. The van der Waals surface area contributed by atoms with Crippen LogP contribution in [0.2, 0.25) is 0 Å². The molecular weight excluding hydrogens is 178 g/mol. The second kappa shape index (κ2) is 3.80. The highest BCUT2D eigenvalue weighted by Crippen LogP contribution is 2.40. The quantitative estimate of drug-likeness (QED) is 0.667. The Morgan fingerprint density at radius 2 is 1.50 bits per heavy atom. The fourth-order valence-corrected chi connectivity index (χ4v) is 2.86. The first-order valence-corrected chi connectivity index (χ1v) is 5.75. The van der Waals surface area contributed by atoms with Crippen LogP contribution in [-0.4, -0.2) is 29.5 Å². The van der Waals surface area contributed by atoms with Gasteiger partial charge in [-0.15, -0.1) is 0 Å². The van der Waals surface area contributed by atoms with Crippen molar-refractivity contribution in [3.05, 3.63) is 0 Å². The van der Waals surface area contributed by atoms with Crippen molar-refractivity contribution in [1.29, 1.82) is 0 Å². The number of nitrogens with two attached hydrogens (primary N) is 1. The third-order valence-corrected chi connectivity index (χ3v) is 3.99. The van der Waals surface area contributed by atoms with Gasteiger partial charge in [0.15, 0.2) is 0 Å². The van der Waals surface area contributed by atoms with Crippen molar-refractivity contribution in [2.75, 3.05) is 13.2 Å². The third kappa shape index (κ3) is 1.69. The van der Waals surface area contributed by atoms with Gasteiger partial charge in [0, 0.05) is 31.6 Å². The van der Waals surface area contributed by atoms with Gasteiger partial charge >= 0.3 is 0 Å². The van der Waals surface area contributed by atoms with E-state index < -0.39 is 5.60 Å². The molecular formula is C11H21NO2. The molecule has 0 radical (unpaired) electrons. The molecule has 3 N–H and O–H groups in total. The second-order valence-electron chi connectivity index (χ2n) is 4.86. The molecule has 1 aliphatic carbocycles. The van der Waals surface area contributed by atoms with Crippen LogP contribution >= 0.6 is 0 Å². The minimum atomic E-state index is -0.661. The van der Waals surface area contributed by atoms with Crippen LogP contribution in [-0.2, 0) is 4.74 Å². The maximum atomic E-state index is 10.6. The smallest absolute Gasteiger partial charge is 0.0870 e. The van der Waals surface area contributed by atoms with E-state index in [1.165, 1.54) is 19.3 Å². The summed E-state index contributed by atoms with van der Waals surface area (Å²) in [7, 11) is 0. The van der Waals surface area contributed by atoms with Gasteiger partial charge in [0.2, 0.25) is 0 Å². The summed E-state index contributed by atoms with van der Waals surface area (Å²) in [4.78, 5) is 0. The summed E-state index contributed by atoms with van der Waals surface area (Å²) in [5.41, 5.74) is 5.36. The standard InChI is InChI=1S/C11H21NO2/c12-10(4-2-1-3-5-10)11(13)6-8-14-9-7-11/h13H,1-9,12H2. The summed E-state index contributed by atoms with van der Waals surface area (Å²) in [5, 5.41) is 10.6. The third-order valence-electron chi connectivity index (χ3n) is 3.99. The molecule has 3 nitrogen and oxygen atoms in total. The van der Waals surface area contributed by atoms with Crippen LogP contribution in [0.15, 0.2) is 0 Å². The molecule has 3 heteroatoms. The van der Waals surface area contributed by atoms with Crippen LogP contribution in [0.5, 0.6) is 0 Å². The van der Waals surface area contributed by atoms with E-state index >= 15 is 0 Å². The van der Waals surface area contributed by atoms with E-state index in [2.05, 4.69) is 0 Å². The molecule has 2 fully saturated rings. The number of ether oxygens (including phenoxy) is 1. The minimum Gasteiger partial charge on any atom is -0.388 e. The molecule has 1 saturated heterocycles. The summed E-state index contributed by atoms with van der Waals surface area (Å²) < 4.78 is 5.29. The van der Waals surface area contributed by atoms with Crippen molar-refractivity contribution >= 4 is 0 Å². The Morgan fingerprint density at radius 3 is 2.07 bits per heavy atom. The fraction of sp³-hybridized carbons (Fsp3) is 1.00. The van der Waals surface area contributed by atoms with E-state index in [4.69, 9.17) is 10.5 Å². The minimum absolute atomic E-state index is 0.338. The molecule has 2 rings (SSSR count). The van der Waals surface area contributed by atoms with Gasteiger partial charge in [-0.2, -0.15) is 0 Å². The Labute approximate surface area is 85.6 Å². The topological polar surface area (TPSA) is 55.5 Å². The Morgan fingerprint density at radius 1 is 0.929 bits per heavy atom. The lowest BCUT2D eigenvalue weighted by Gasteiger charge is -2.49. The maximum Gasteiger partial charge on any atom is 0.0870 e. The molecule has 0 aromatic rings. The molecule has 0 amide bonds. The Hall–Kier alpha value is -0.120. The predicted molar refractivity (Wildman–Crippen MR) is 55.0 cm³/mol. The van der Waals surface area contributed by atoms with E-state index in [-0.39, 0.29) is 5.54 Å². The summed E-state index contributed by atoms with van der Waals surface area (Å²) in [6.07, 6.45) is 6.98. The van der Waals surface area contributed by atoms with Gasteiger partial charge in [0.25, 0.3) is 0 Å². The number of aliphatic hydroxyl groups is 1. The van der Waals surface area contributed by atoms with Crippen LogP contribution in [0.25, 0.3) is 0 Å². The Bertz CT molecular complexity index is 171. The Balaban J connectivity index is 2.09. The lowest BCUT2D eigenvalue weighted by Crippen LogP contribution is -2.63. The van der Waals surface area contributed by atoms with Gasteiger partial charge in [-0.05, 0) is 12.8 Å². The Kier molecular flexibility index (Phi) is 2.82. The van der Waals surface area contributed by atoms with E-state index in [0.29, 0.717) is 26.1 Å². The van der Waals surface area contributed by atoms with Gasteiger partial charge in [-0.1, -0.05) is 19.3 Å². The summed E-state index contributed by atoms with van der Waals surface area (Å²) in [5.74, 6) is 0. The summed E-state index contributed by atoms with van der Waals surface area (Å²) in [6, 6.07) is 0. The molecule has 1 aliphatic heterocycles. The zero-order chi connectivity index (χ0) is 10.1. The molecule has 2 aliphatic rings. The maximum absolute atomic E-state index is 10.6. The SMILES string of the molecule is NC1(C2(O)CCOCC2)CCCCC1. The number of rotatable bonds is 1. The average Bonchev–Trinajstić information content (AvgIpc) is 2.20. The highest BCUT2D eigenvalue weighted by atomic mass is 16.5. The van der Waals surface area contributed by atoms with Crippen LogP contribution in [0, 0.1) is 0 Å². The first-order chi connectivity index (χ1) is 6.66. The molecule has 0 atom stereocenters. The van der Waals surface area contributed by atoms with Crippen LogP contribution in [0.1, 0.15) is 44.9 Å².